The first-order valence-electron chi connectivity index (χ1n) is 6.43. The van der Waals surface area contributed by atoms with Gasteiger partial charge in [-0.2, -0.15) is 0 Å². The van der Waals surface area contributed by atoms with Crippen molar-refractivity contribution in [3.05, 3.63) is 0 Å². The number of rotatable bonds is 4. The first-order chi connectivity index (χ1) is 8.22. The molecule has 18 heavy (non-hydrogen) atoms. The second-order valence-corrected chi connectivity index (χ2v) is 5.96. The summed E-state index contributed by atoms with van der Waals surface area (Å²) in [5.74, 6) is -0.864. The van der Waals surface area contributed by atoms with Gasteiger partial charge in [-0.15, -0.1) is 0 Å². The second kappa shape index (κ2) is 5.69. The predicted octanol–water partition coefficient (Wildman–Crippen LogP) is 1.04. The largest absolute Gasteiger partial charge is 0.481 e. The number of carbonyl (C=O) groups is 2. The van der Waals surface area contributed by atoms with E-state index in [1.54, 1.807) is 0 Å². The van der Waals surface area contributed by atoms with Crippen LogP contribution >= 0.6 is 0 Å². The third kappa shape index (κ3) is 3.98. The molecule has 1 aliphatic rings. The Hall–Kier alpha value is -1.10. The van der Waals surface area contributed by atoms with Gasteiger partial charge in [-0.3, -0.25) is 14.5 Å². The number of carboxylic acids is 1. The van der Waals surface area contributed by atoms with Crippen molar-refractivity contribution in [1.29, 1.82) is 0 Å². The minimum Gasteiger partial charge on any atom is -0.481 e. The summed E-state index contributed by atoms with van der Waals surface area (Å²) >= 11 is 0. The molecule has 0 aliphatic carbocycles. The van der Waals surface area contributed by atoms with E-state index in [1.807, 2.05) is 11.8 Å². The molecule has 0 spiro atoms. The van der Waals surface area contributed by atoms with Crippen LogP contribution in [-0.2, 0) is 9.59 Å². The summed E-state index contributed by atoms with van der Waals surface area (Å²) in [6.45, 7) is 8.36. The van der Waals surface area contributed by atoms with Gasteiger partial charge in [0.25, 0.3) is 0 Å². The normalized spacial score (nSPS) is 21.7. The highest BCUT2D eigenvalue weighted by molar-refractivity contribution is 5.77. The van der Waals surface area contributed by atoms with Crippen molar-refractivity contribution in [2.24, 2.45) is 5.92 Å². The Kier molecular flexibility index (Phi) is 4.73. The fraction of sp³-hybridized carbons (Fsp3) is 0.846. The lowest BCUT2D eigenvalue weighted by Crippen LogP contribution is -2.59. The molecule has 5 heteroatoms. The Morgan fingerprint density at radius 2 is 1.89 bits per heavy atom. The molecule has 0 aromatic rings. The zero-order chi connectivity index (χ0) is 13.9. The summed E-state index contributed by atoms with van der Waals surface area (Å²) in [6.07, 6.45) is 0.384. The van der Waals surface area contributed by atoms with Crippen molar-refractivity contribution < 1.29 is 14.7 Å². The molecule has 1 heterocycles. The van der Waals surface area contributed by atoms with E-state index in [9.17, 15) is 9.59 Å². The van der Waals surface area contributed by atoms with Crippen LogP contribution in [0.2, 0.25) is 0 Å². The predicted molar refractivity (Wildman–Crippen MR) is 69.3 cm³/mol. The van der Waals surface area contributed by atoms with Crippen molar-refractivity contribution in [3.8, 4) is 0 Å². The molecule has 0 radical (unpaired) electrons. The van der Waals surface area contributed by atoms with Gasteiger partial charge in [-0.1, -0.05) is 6.92 Å². The van der Waals surface area contributed by atoms with Crippen LogP contribution in [0.4, 0.5) is 0 Å². The van der Waals surface area contributed by atoms with E-state index in [2.05, 4.69) is 25.8 Å². The summed E-state index contributed by atoms with van der Waals surface area (Å²) in [7, 11) is 2.06. The first kappa shape index (κ1) is 15.0. The Morgan fingerprint density at radius 3 is 2.39 bits per heavy atom. The molecule has 0 saturated carbocycles. The average molecular weight is 256 g/mol. The fourth-order valence-corrected chi connectivity index (χ4v) is 2.25. The Morgan fingerprint density at radius 1 is 1.28 bits per heavy atom. The summed E-state index contributed by atoms with van der Waals surface area (Å²) in [5.41, 5.74) is -0.00997. The third-order valence-corrected chi connectivity index (χ3v) is 3.72. The summed E-state index contributed by atoms with van der Waals surface area (Å²) < 4.78 is 0. The van der Waals surface area contributed by atoms with Crippen molar-refractivity contribution in [1.82, 2.24) is 9.80 Å². The zero-order valence-electron chi connectivity index (χ0n) is 11.8. The van der Waals surface area contributed by atoms with Crippen molar-refractivity contribution in [3.63, 3.8) is 0 Å². The van der Waals surface area contributed by atoms with Gasteiger partial charge in [0.2, 0.25) is 5.91 Å². The number of likely N-dealkylation sites (N-methyl/N-ethyl adjacent to an activating group) is 1. The maximum absolute atomic E-state index is 12.1. The zero-order valence-corrected chi connectivity index (χ0v) is 11.8. The molecule has 1 rings (SSSR count). The van der Waals surface area contributed by atoms with Gasteiger partial charge in [0.1, 0.15) is 0 Å². The number of aliphatic carboxylic acids is 1. The molecule has 1 unspecified atom stereocenters. The van der Waals surface area contributed by atoms with Crippen LogP contribution in [0.15, 0.2) is 0 Å². The lowest BCUT2D eigenvalue weighted by Gasteiger charge is -2.45. The van der Waals surface area contributed by atoms with Crippen LogP contribution in [0, 0.1) is 5.92 Å². The number of piperazine rings is 1. The highest BCUT2D eigenvalue weighted by atomic mass is 16.4. The van der Waals surface area contributed by atoms with Crippen molar-refractivity contribution in [2.45, 2.75) is 39.2 Å². The minimum atomic E-state index is -0.839. The lowest BCUT2D eigenvalue weighted by molar-refractivity contribution is -0.139. The summed E-state index contributed by atoms with van der Waals surface area (Å²) in [5, 5.41) is 8.69. The van der Waals surface area contributed by atoms with Gasteiger partial charge in [-0.05, 0) is 26.8 Å². The van der Waals surface area contributed by atoms with Gasteiger partial charge >= 0.3 is 5.97 Å². The van der Waals surface area contributed by atoms with E-state index in [-0.39, 0.29) is 23.8 Å². The Bertz CT molecular complexity index is 328. The number of hydrogen-bond acceptors (Lipinski definition) is 3. The first-order valence-corrected chi connectivity index (χ1v) is 6.43. The average Bonchev–Trinajstić information content (AvgIpc) is 2.20. The van der Waals surface area contributed by atoms with Gasteiger partial charge < -0.3 is 10.0 Å². The molecule has 1 N–H and O–H groups in total. The fourth-order valence-electron chi connectivity index (χ4n) is 2.25. The Balaban J connectivity index is 2.50. The van der Waals surface area contributed by atoms with Crippen molar-refractivity contribution >= 4 is 11.9 Å². The van der Waals surface area contributed by atoms with E-state index < -0.39 is 5.97 Å². The molecule has 1 amide bonds. The van der Waals surface area contributed by atoms with Crippen LogP contribution in [0.3, 0.4) is 0 Å². The molecule has 1 atom stereocenters. The number of amides is 1. The molecule has 0 bridgehead atoms. The molecule has 1 fully saturated rings. The highest BCUT2D eigenvalue weighted by Gasteiger charge is 2.33. The quantitative estimate of drug-likeness (QED) is 0.816. The van der Waals surface area contributed by atoms with E-state index in [4.69, 9.17) is 5.11 Å². The standard InChI is InChI=1S/C13H24N2O3/c1-10(8-12(17)18)7-11(16)15-6-5-14(4)13(2,3)9-15/h10H,5-9H2,1-4H3,(H,17,18). The number of nitrogens with zero attached hydrogens (tertiary/aromatic N) is 2. The summed E-state index contributed by atoms with van der Waals surface area (Å²) in [4.78, 5) is 26.8. The van der Waals surface area contributed by atoms with E-state index in [0.717, 1.165) is 13.1 Å². The number of carbonyl (C=O) groups excluding carboxylic acids is 1. The van der Waals surface area contributed by atoms with E-state index in [0.29, 0.717) is 13.0 Å². The second-order valence-electron chi connectivity index (χ2n) is 5.96. The molecule has 1 saturated heterocycles. The molecular weight excluding hydrogens is 232 g/mol. The topological polar surface area (TPSA) is 60.9 Å². The van der Waals surface area contributed by atoms with Crippen LogP contribution < -0.4 is 0 Å². The van der Waals surface area contributed by atoms with Crippen LogP contribution in [0.1, 0.15) is 33.6 Å². The molecule has 104 valence electrons. The van der Waals surface area contributed by atoms with Crippen LogP contribution in [-0.4, -0.2) is 59.0 Å². The number of hydrogen-bond donors (Lipinski definition) is 1. The Labute approximate surface area is 109 Å². The minimum absolute atomic E-state index is 0.00997. The van der Waals surface area contributed by atoms with Gasteiger partial charge in [-0.25, -0.2) is 0 Å². The highest BCUT2D eigenvalue weighted by Crippen LogP contribution is 2.20. The molecule has 5 nitrogen and oxygen atoms in total. The molecule has 0 aromatic heterocycles. The van der Waals surface area contributed by atoms with Gasteiger partial charge in [0.05, 0.1) is 0 Å². The molecular formula is C13H24N2O3. The summed E-state index contributed by atoms with van der Waals surface area (Å²) in [6, 6.07) is 0. The molecule has 1 aliphatic heterocycles. The van der Waals surface area contributed by atoms with Crippen LogP contribution in [0.25, 0.3) is 0 Å². The van der Waals surface area contributed by atoms with Crippen molar-refractivity contribution in [2.75, 3.05) is 26.7 Å². The maximum Gasteiger partial charge on any atom is 0.303 e. The smallest absolute Gasteiger partial charge is 0.303 e. The van der Waals surface area contributed by atoms with E-state index in [1.165, 1.54) is 0 Å². The van der Waals surface area contributed by atoms with Gasteiger partial charge in [0.15, 0.2) is 0 Å². The monoisotopic (exact) mass is 256 g/mol. The number of carboxylic acid groups (broad SMARTS) is 1. The molecule has 0 aromatic carbocycles. The maximum atomic E-state index is 12.1. The third-order valence-electron chi connectivity index (χ3n) is 3.72. The SMILES string of the molecule is CC(CC(=O)O)CC(=O)N1CCN(C)C(C)(C)C1. The van der Waals surface area contributed by atoms with Crippen LogP contribution in [0.5, 0.6) is 0 Å². The lowest BCUT2D eigenvalue weighted by atomic mass is 9.98. The van der Waals surface area contributed by atoms with E-state index >= 15 is 0 Å². The van der Waals surface area contributed by atoms with Gasteiger partial charge in [0, 0.05) is 38.0 Å².